The van der Waals surface area contributed by atoms with E-state index in [4.69, 9.17) is 0 Å². The van der Waals surface area contributed by atoms with E-state index in [0.717, 1.165) is 15.6 Å². The van der Waals surface area contributed by atoms with Gasteiger partial charge in [-0.25, -0.2) is 0 Å². The second-order valence-corrected chi connectivity index (χ2v) is 5.42. The van der Waals surface area contributed by atoms with Gasteiger partial charge in [0.15, 0.2) is 0 Å². The minimum absolute atomic E-state index is 0.251. The summed E-state index contributed by atoms with van der Waals surface area (Å²) >= 11 is 3.39. The monoisotopic (exact) mass is 300 g/mol. The normalized spacial score (nSPS) is 10.3. The molecule has 2 aromatic carbocycles. The minimum atomic E-state index is 0.251. The van der Waals surface area contributed by atoms with Crippen LogP contribution in [0.25, 0.3) is 0 Å². The van der Waals surface area contributed by atoms with Crippen molar-refractivity contribution in [3.05, 3.63) is 64.1 Å². The molecule has 0 aliphatic rings. The van der Waals surface area contributed by atoms with Crippen LogP contribution >= 0.6 is 15.9 Å². The van der Waals surface area contributed by atoms with Crippen LogP contribution in [0.2, 0.25) is 0 Å². The summed E-state index contributed by atoms with van der Waals surface area (Å²) in [5.74, 6) is 0.251. The van der Waals surface area contributed by atoms with Crippen LogP contribution in [0.1, 0.15) is 11.1 Å². The van der Waals surface area contributed by atoms with Crippen molar-refractivity contribution in [3.63, 3.8) is 0 Å². The molecule has 1 nitrogen and oxygen atoms in total. The number of carbonyl (C=O) groups is 1. The number of hydrogen-bond acceptors (Lipinski definition) is 1. The number of rotatable bonds is 4. The Kier molecular flexibility index (Phi) is 4.37. The second kappa shape index (κ2) is 6.01. The van der Waals surface area contributed by atoms with Crippen molar-refractivity contribution in [1.29, 1.82) is 0 Å². The van der Waals surface area contributed by atoms with E-state index in [1.807, 2.05) is 56.4 Å². The van der Waals surface area contributed by atoms with E-state index >= 15 is 0 Å². The van der Waals surface area contributed by atoms with Crippen LogP contribution in [-0.2, 0) is 17.6 Å². The van der Waals surface area contributed by atoms with Crippen molar-refractivity contribution < 1.29 is 4.79 Å². The summed E-state index contributed by atoms with van der Waals surface area (Å²) in [6.07, 6.45) is 1.01. The van der Waals surface area contributed by atoms with Gasteiger partial charge in [-0.3, -0.25) is 4.79 Å². The van der Waals surface area contributed by atoms with Crippen LogP contribution in [0.15, 0.2) is 53.0 Å². The van der Waals surface area contributed by atoms with Crippen LogP contribution in [0.3, 0.4) is 0 Å². The molecular weight excluding hydrogens is 287 g/mol. The average molecular weight is 301 g/mol. The van der Waals surface area contributed by atoms with Crippen molar-refractivity contribution in [2.24, 2.45) is 0 Å². The van der Waals surface area contributed by atoms with Gasteiger partial charge in [-0.1, -0.05) is 57.8 Å². The third-order valence-corrected chi connectivity index (χ3v) is 3.37. The quantitative estimate of drug-likeness (QED) is 0.790. The molecule has 0 spiro atoms. The zero-order valence-electron chi connectivity index (χ0n) is 10.3. The molecule has 0 atom stereocenters. The van der Waals surface area contributed by atoms with Crippen LogP contribution in [0.5, 0.6) is 0 Å². The molecule has 0 aromatic heterocycles. The lowest BCUT2D eigenvalue weighted by molar-refractivity contribution is -0.117. The van der Waals surface area contributed by atoms with Crippen LogP contribution in [0.4, 0.5) is 0 Å². The van der Waals surface area contributed by atoms with E-state index in [0.29, 0.717) is 12.8 Å². The van der Waals surface area contributed by atoms with E-state index in [-0.39, 0.29) is 5.78 Å². The van der Waals surface area contributed by atoms with Gasteiger partial charge in [0.1, 0.15) is 13.6 Å². The maximum Gasteiger partial charge on any atom is 0.141 e. The van der Waals surface area contributed by atoms with Gasteiger partial charge in [0.25, 0.3) is 0 Å². The van der Waals surface area contributed by atoms with Gasteiger partial charge in [-0.2, -0.15) is 0 Å². The maximum atomic E-state index is 11.9. The molecule has 0 fully saturated rings. The van der Waals surface area contributed by atoms with E-state index < -0.39 is 0 Å². The van der Waals surface area contributed by atoms with E-state index in [2.05, 4.69) is 15.9 Å². The van der Waals surface area contributed by atoms with Gasteiger partial charge >= 0.3 is 0 Å². The van der Waals surface area contributed by atoms with Gasteiger partial charge in [0.05, 0.1) is 0 Å². The summed E-state index contributed by atoms with van der Waals surface area (Å²) in [4.78, 5) is 11.9. The summed E-state index contributed by atoms with van der Waals surface area (Å²) in [6.45, 7) is 0. The van der Waals surface area contributed by atoms with E-state index in [9.17, 15) is 4.79 Å². The van der Waals surface area contributed by atoms with Crippen molar-refractivity contribution in [3.8, 4) is 0 Å². The number of hydrogen-bond donors (Lipinski definition) is 0. The molecule has 0 unspecified atom stereocenters. The third-order valence-electron chi connectivity index (χ3n) is 2.84. The molecule has 90 valence electrons. The van der Waals surface area contributed by atoms with Crippen molar-refractivity contribution in [2.45, 2.75) is 12.8 Å². The number of benzene rings is 2. The van der Waals surface area contributed by atoms with Crippen molar-refractivity contribution >= 4 is 35.0 Å². The number of ketones is 1. The number of carbonyl (C=O) groups excluding carboxylic acids is 1. The highest BCUT2D eigenvalue weighted by Crippen LogP contribution is 2.12. The van der Waals surface area contributed by atoms with Crippen LogP contribution in [0, 0.1) is 0 Å². The Morgan fingerprint density at radius 1 is 0.889 bits per heavy atom. The zero-order valence-corrected chi connectivity index (χ0v) is 11.9. The third kappa shape index (κ3) is 3.85. The predicted octanol–water partition coefficient (Wildman–Crippen LogP) is 2.06. The highest BCUT2D eigenvalue weighted by atomic mass is 79.9. The molecule has 18 heavy (non-hydrogen) atoms. The Balaban J connectivity index is 1.96. The smallest absolute Gasteiger partial charge is 0.141 e. The highest BCUT2D eigenvalue weighted by Gasteiger charge is 2.05. The molecule has 0 saturated carbocycles. The van der Waals surface area contributed by atoms with Crippen LogP contribution < -0.4 is 5.46 Å². The molecule has 2 aromatic rings. The SMILES string of the molecule is Bc1ccc(CC(=O)Cc2ccc(Br)cc2)cc1. The first-order valence-corrected chi connectivity index (χ1v) is 6.74. The molecule has 0 saturated heterocycles. The summed E-state index contributed by atoms with van der Waals surface area (Å²) in [6, 6.07) is 16.0. The largest absolute Gasteiger partial charge is 0.299 e. The Hall–Kier alpha value is -1.35. The van der Waals surface area contributed by atoms with E-state index in [1.54, 1.807) is 0 Å². The first-order chi connectivity index (χ1) is 8.63. The van der Waals surface area contributed by atoms with Gasteiger partial charge in [0.2, 0.25) is 0 Å². The molecule has 0 bridgehead atoms. The molecule has 0 amide bonds. The second-order valence-electron chi connectivity index (χ2n) is 4.50. The Morgan fingerprint density at radius 2 is 1.33 bits per heavy atom. The molecular formula is C15H14BBrO. The Morgan fingerprint density at radius 3 is 1.83 bits per heavy atom. The predicted molar refractivity (Wildman–Crippen MR) is 81.2 cm³/mol. The molecule has 3 heteroatoms. The molecule has 0 aliphatic heterocycles. The highest BCUT2D eigenvalue weighted by molar-refractivity contribution is 9.10. The lowest BCUT2D eigenvalue weighted by atomic mass is 9.94. The topological polar surface area (TPSA) is 17.1 Å². The number of Topliss-reactive ketones (excluding diaryl/α,β-unsaturated/α-hetero) is 1. The van der Waals surface area contributed by atoms with Gasteiger partial charge in [0, 0.05) is 17.3 Å². The van der Waals surface area contributed by atoms with Gasteiger partial charge in [-0.05, 0) is 23.3 Å². The fraction of sp³-hybridized carbons (Fsp3) is 0.133. The standard InChI is InChI=1S/C15H14BBrO/c16-13-5-1-11(2-6-13)9-15(18)10-12-3-7-14(17)8-4-12/h1-8H,9-10,16H2. The summed E-state index contributed by atoms with van der Waals surface area (Å²) < 4.78 is 1.04. The van der Waals surface area contributed by atoms with Gasteiger partial charge < -0.3 is 0 Å². The Bertz CT molecular complexity index is 482. The first kappa shape index (κ1) is 13.1. The van der Waals surface area contributed by atoms with Crippen molar-refractivity contribution in [2.75, 3.05) is 0 Å². The zero-order chi connectivity index (χ0) is 13.0. The molecule has 0 heterocycles. The fourth-order valence-electron chi connectivity index (χ4n) is 1.83. The average Bonchev–Trinajstić information content (AvgIpc) is 2.35. The number of halogens is 1. The van der Waals surface area contributed by atoms with Crippen LogP contribution in [-0.4, -0.2) is 13.6 Å². The molecule has 0 radical (unpaired) electrons. The molecule has 0 N–H and O–H groups in total. The summed E-state index contributed by atoms with van der Waals surface area (Å²) in [5.41, 5.74) is 3.37. The van der Waals surface area contributed by atoms with Gasteiger partial charge in [-0.15, -0.1) is 0 Å². The fourth-order valence-corrected chi connectivity index (χ4v) is 2.09. The minimum Gasteiger partial charge on any atom is -0.299 e. The van der Waals surface area contributed by atoms with Crippen molar-refractivity contribution in [1.82, 2.24) is 0 Å². The summed E-state index contributed by atoms with van der Waals surface area (Å²) in [5, 5.41) is 0. The first-order valence-electron chi connectivity index (χ1n) is 5.95. The molecule has 2 rings (SSSR count). The van der Waals surface area contributed by atoms with E-state index in [1.165, 1.54) is 5.46 Å². The maximum absolute atomic E-state index is 11.9. The lowest BCUT2D eigenvalue weighted by Crippen LogP contribution is -2.08. The summed E-state index contributed by atoms with van der Waals surface area (Å²) in [7, 11) is 2.05. The lowest BCUT2D eigenvalue weighted by Gasteiger charge is -2.03. The Labute approximate surface area is 117 Å². The molecule has 0 aliphatic carbocycles.